The fourth-order valence-electron chi connectivity index (χ4n) is 3.55. The van der Waals surface area contributed by atoms with Gasteiger partial charge in [-0.2, -0.15) is 0 Å². The van der Waals surface area contributed by atoms with Gasteiger partial charge < -0.3 is 10.1 Å². The first kappa shape index (κ1) is 22.1. The highest BCUT2D eigenvalue weighted by Crippen LogP contribution is 2.31. The van der Waals surface area contributed by atoms with Gasteiger partial charge >= 0.3 is 0 Å². The molecule has 1 fully saturated rings. The average molecular weight is 479 g/mol. The highest BCUT2D eigenvalue weighted by molar-refractivity contribution is 7.92. The van der Waals surface area contributed by atoms with Crippen molar-refractivity contribution in [3.8, 4) is 0 Å². The lowest BCUT2D eigenvalue weighted by molar-refractivity contribution is 0.0861. The largest absolute Gasteiger partial charge is 0.376 e. The summed E-state index contributed by atoms with van der Waals surface area (Å²) < 4.78 is 32.8. The van der Waals surface area contributed by atoms with E-state index >= 15 is 0 Å². The van der Waals surface area contributed by atoms with Crippen LogP contribution in [0.15, 0.2) is 48.5 Å². The minimum Gasteiger partial charge on any atom is -0.376 e. The average Bonchev–Trinajstić information content (AvgIpc) is 3.39. The molecule has 31 heavy (non-hydrogen) atoms. The molecule has 1 unspecified atom stereocenters. The predicted molar refractivity (Wildman–Crippen MR) is 126 cm³/mol. The van der Waals surface area contributed by atoms with Gasteiger partial charge in [0.05, 0.1) is 29.5 Å². The number of halogens is 1. The first-order chi connectivity index (χ1) is 14.8. The zero-order valence-corrected chi connectivity index (χ0v) is 19.4. The number of rotatable bonds is 7. The van der Waals surface area contributed by atoms with Crippen molar-refractivity contribution >= 4 is 54.6 Å². The van der Waals surface area contributed by atoms with E-state index in [1.54, 1.807) is 42.5 Å². The van der Waals surface area contributed by atoms with Gasteiger partial charge in [0.1, 0.15) is 0 Å². The quantitative estimate of drug-likeness (QED) is 0.545. The van der Waals surface area contributed by atoms with Crippen molar-refractivity contribution < 1.29 is 17.9 Å². The summed E-state index contributed by atoms with van der Waals surface area (Å²) in [7, 11) is -3.51. The number of carbonyl (C=O) groups is 1. The predicted octanol–water partition coefficient (Wildman–Crippen LogP) is 4.43. The van der Waals surface area contributed by atoms with E-state index in [1.807, 2.05) is 6.07 Å². The maximum absolute atomic E-state index is 12.5. The third-order valence-corrected chi connectivity index (χ3v) is 7.67. The summed E-state index contributed by atoms with van der Waals surface area (Å²) in [5.74, 6) is -0.139. The molecule has 0 aliphatic carbocycles. The SMILES string of the molecule is CS(=O)(=O)N(Cc1ccc(Cl)cc1)c1ccc2sc(C(=O)NCC3CCCO3)cc2c1. The van der Waals surface area contributed by atoms with Crippen LogP contribution in [0.25, 0.3) is 10.1 Å². The molecule has 0 saturated carbocycles. The van der Waals surface area contributed by atoms with Gasteiger partial charge in [-0.3, -0.25) is 9.10 Å². The zero-order valence-electron chi connectivity index (χ0n) is 17.0. The Morgan fingerprint density at radius 1 is 1.23 bits per heavy atom. The number of carbonyl (C=O) groups excluding carboxylic acids is 1. The minimum atomic E-state index is -3.51. The van der Waals surface area contributed by atoms with E-state index in [2.05, 4.69) is 5.32 Å². The van der Waals surface area contributed by atoms with Crippen molar-refractivity contribution in [2.24, 2.45) is 0 Å². The smallest absolute Gasteiger partial charge is 0.261 e. The Labute approximate surface area is 190 Å². The van der Waals surface area contributed by atoms with Gasteiger partial charge in [0, 0.05) is 22.9 Å². The molecule has 9 heteroatoms. The lowest BCUT2D eigenvalue weighted by Crippen LogP contribution is -2.31. The second-order valence-electron chi connectivity index (χ2n) is 7.57. The molecule has 0 radical (unpaired) electrons. The molecule has 1 aliphatic heterocycles. The molecule has 1 saturated heterocycles. The summed E-state index contributed by atoms with van der Waals surface area (Å²) in [5.41, 5.74) is 1.38. The zero-order chi connectivity index (χ0) is 22.0. The first-order valence-corrected chi connectivity index (χ1v) is 13.0. The lowest BCUT2D eigenvalue weighted by atomic mass is 10.2. The number of ether oxygens (including phenoxy) is 1. The third kappa shape index (κ3) is 5.38. The number of fused-ring (bicyclic) bond motifs is 1. The summed E-state index contributed by atoms with van der Waals surface area (Å²) in [6.45, 7) is 1.45. The van der Waals surface area contributed by atoms with Gasteiger partial charge in [0.25, 0.3) is 5.91 Å². The number of nitrogens with one attached hydrogen (secondary N) is 1. The highest BCUT2D eigenvalue weighted by Gasteiger charge is 2.20. The molecule has 0 bridgehead atoms. The molecule has 4 rings (SSSR count). The summed E-state index contributed by atoms with van der Waals surface area (Å²) in [5, 5.41) is 4.36. The van der Waals surface area contributed by atoms with Gasteiger partial charge in [0.15, 0.2) is 0 Å². The van der Waals surface area contributed by atoms with Crippen molar-refractivity contribution in [1.29, 1.82) is 0 Å². The van der Waals surface area contributed by atoms with E-state index in [9.17, 15) is 13.2 Å². The normalized spacial score (nSPS) is 16.5. The Kier molecular flexibility index (Phi) is 6.52. The number of anilines is 1. The first-order valence-electron chi connectivity index (χ1n) is 9.95. The van der Waals surface area contributed by atoms with Crippen molar-refractivity contribution in [3.63, 3.8) is 0 Å². The molecule has 6 nitrogen and oxygen atoms in total. The van der Waals surface area contributed by atoms with Crippen LogP contribution >= 0.6 is 22.9 Å². The standard InChI is InChI=1S/C22H23ClN2O4S2/c1-31(27,28)25(14-15-4-6-17(23)7-5-15)18-8-9-20-16(11-18)12-21(30-20)22(26)24-13-19-3-2-10-29-19/h4-9,11-12,19H,2-3,10,13-14H2,1H3,(H,24,26). The van der Waals surface area contributed by atoms with Crippen LogP contribution in [0.5, 0.6) is 0 Å². The van der Waals surface area contributed by atoms with E-state index in [4.69, 9.17) is 16.3 Å². The Bertz CT molecular complexity index is 1190. The molecular weight excluding hydrogens is 456 g/mol. The number of amides is 1. The lowest BCUT2D eigenvalue weighted by Gasteiger charge is -2.22. The van der Waals surface area contributed by atoms with E-state index < -0.39 is 10.0 Å². The fourth-order valence-corrected chi connectivity index (χ4v) is 5.52. The van der Waals surface area contributed by atoms with Crippen molar-refractivity contribution in [2.45, 2.75) is 25.5 Å². The van der Waals surface area contributed by atoms with Gasteiger partial charge in [-0.25, -0.2) is 8.42 Å². The van der Waals surface area contributed by atoms with Crippen molar-refractivity contribution in [1.82, 2.24) is 5.32 Å². The monoisotopic (exact) mass is 478 g/mol. The van der Waals surface area contributed by atoms with Crippen molar-refractivity contribution in [3.05, 3.63) is 64.0 Å². The van der Waals surface area contributed by atoms with Crippen molar-refractivity contribution in [2.75, 3.05) is 23.7 Å². The number of nitrogens with zero attached hydrogens (tertiary/aromatic N) is 1. The second-order valence-corrected chi connectivity index (χ2v) is 11.0. The molecular formula is C22H23ClN2O4S2. The van der Waals surface area contributed by atoms with E-state index in [1.165, 1.54) is 21.9 Å². The topological polar surface area (TPSA) is 75.7 Å². The number of hydrogen-bond acceptors (Lipinski definition) is 5. The molecule has 0 spiro atoms. The second kappa shape index (κ2) is 9.16. The third-order valence-electron chi connectivity index (χ3n) is 5.17. The fraction of sp³-hybridized carbons (Fsp3) is 0.318. The molecule has 2 heterocycles. The Morgan fingerprint density at radius 3 is 2.68 bits per heavy atom. The minimum absolute atomic E-state index is 0.0844. The van der Waals surface area contributed by atoms with E-state index in [0.29, 0.717) is 22.1 Å². The Morgan fingerprint density at radius 2 is 2.00 bits per heavy atom. The molecule has 2 aromatic carbocycles. The van der Waals surface area contributed by atoms with Crippen LogP contribution in [0.4, 0.5) is 5.69 Å². The van der Waals surface area contributed by atoms with Crippen LogP contribution in [0.1, 0.15) is 28.1 Å². The summed E-state index contributed by atoms with van der Waals surface area (Å²) in [6.07, 6.45) is 3.26. The molecule has 1 atom stereocenters. The maximum atomic E-state index is 12.5. The van der Waals surface area contributed by atoms with Crippen LogP contribution in [0.2, 0.25) is 5.02 Å². The van der Waals surface area contributed by atoms with Crippen LogP contribution in [-0.4, -0.2) is 39.8 Å². The number of thiophene rings is 1. The molecule has 3 aromatic rings. The van der Waals surface area contributed by atoms with Gasteiger partial charge in [-0.15, -0.1) is 11.3 Å². The van der Waals surface area contributed by atoms with Crippen LogP contribution < -0.4 is 9.62 Å². The van der Waals surface area contributed by atoms with E-state index in [-0.39, 0.29) is 18.6 Å². The van der Waals surface area contributed by atoms with Gasteiger partial charge in [-0.1, -0.05) is 23.7 Å². The van der Waals surface area contributed by atoms with Crippen LogP contribution in [-0.2, 0) is 21.3 Å². The molecule has 1 amide bonds. The summed E-state index contributed by atoms with van der Waals surface area (Å²) in [6, 6.07) is 14.3. The molecule has 1 aliphatic rings. The maximum Gasteiger partial charge on any atom is 0.261 e. The molecule has 164 valence electrons. The number of sulfonamides is 1. The van der Waals surface area contributed by atoms with Gasteiger partial charge in [0.2, 0.25) is 10.0 Å². The van der Waals surface area contributed by atoms with Crippen LogP contribution in [0.3, 0.4) is 0 Å². The highest BCUT2D eigenvalue weighted by atomic mass is 35.5. The van der Waals surface area contributed by atoms with Crippen LogP contribution in [0, 0.1) is 0 Å². The number of hydrogen-bond donors (Lipinski definition) is 1. The molecule has 1 N–H and O–H groups in total. The van der Waals surface area contributed by atoms with Gasteiger partial charge in [-0.05, 0) is 60.2 Å². The Balaban J connectivity index is 1.56. The summed E-state index contributed by atoms with van der Waals surface area (Å²) >= 11 is 7.32. The number of benzene rings is 2. The Hall–Kier alpha value is -2.13. The van der Waals surface area contributed by atoms with E-state index in [0.717, 1.165) is 35.1 Å². The summed E-state index contributed by atoms with van der Waals surface area (Å²) in [4.78, 5) is 13.1. The molecule has 1 aromatic heterocycles.